The molecule has 0 saturated carbocycles. The number of hydrogen-bond acceptors (Lipinski definition) is 4. The van der Waals surface area contributed by atoms with Gasteiger partial charge in [0.2, 0.25) is 0 Å². The van der Waals surface area contributed by atoms with Gasteiger partial charge in [0.15, 0.2) is 0 Å². The molecule has 230 valence electrons. The standard InChI is InChI=1S/C17H25FN2O3.C11H11F6N/c1-3-14(10-21)19-9-12-6-7-20(17(22)23)16(12)15-5-4-13(18)8-11(15)2;1-6(18-2)7-3-8(10(12,13)14)5-9(4-7)11(15,16)17/h4-5,8,12,14,16,19,21H,3,6-7,9-10H2,1-2H3,(H,22,23);3-6,18H,1-2H3/t12-,14?,16+;6-/m01/s1. The maximum absolute atomic E-state index is 13.4. The van der Waals surface area contributed by atoms with Crippen LogP contribution in [0.5, 0.6) is 0 Å². The number of benzene rings is 2. The van der Waals surface area contributed by atoms with Crippen LogP contribution in [0.15, 0.2) is 36.4 Å². The molecule has 4 atom stereocenters. The summed E-state index contributed by atoms with van der Waals surface area (Å²) in [5.41, 5.74) is -1.03. The summed E-state index contributed by atoms with van der Waals surface area (Å²) >= 11 is 0. The van der Waals surface area contributed by atoms with E-state index in [4.69, 9.17) is 0 Å². The molecule has 2 aromatic rings. The fourth-order valence-electron chi connectivity index (χ4n) is 4.73. The Bertz CT molecular complexity index is 1120. The van der Waals surface area contributed by atoms with E-state index in [1.54, 1.807) is 6.07 Å². The number of alkyl halides is 6. The molecular formula is C28H36F7N3O3. The van der Waals surface area contributed by atoms with Crippen LogP contribution < -0.4 is 10.6 Å². The van der Waals surface area contributed by atoms with Gasteiger partial charge in [0.1, 0.15) is 5.82 Å². The lowest BCUT2D eigenvalue weighted by molar-refractivity contribution is -0.143. The van der Waals surface area contributed by atoms with Crippen molar-refractivity contribution < 1.29 is 45.7 Å². The van der Waals surface area contributed by atoms with E-state index in [0.717, 1.165) is 36.1 Å². The molecule has 1 saturated heterocycles. The smallest absolute Gasteiger partial charge is 0.416 e. The minimum Gasteiger partial charge on any atom is -0.465 e. The zero-order valence-electron chi connectivity index (χ0n) is 23.2. The van der Waals surface area contributed by atoms with Crippen molar-refractivity contribution in [3.63, 3.8) is 0 Å². The molecule has 1 heterocycles. The minimum absolute atomic E-state index is 0.0174. The average Bonchev–Trinajstić information content (AvgIpc) is 3.32. The lowest BCUT2D eigenvalue weighted by Crippen LogP contribution is -2.38. The van der Waals surface area contributed by atoms with E-state index < -0.39 is 35.6 Å². The van der Waals surface area contributed by atoms with E-state index in [1.807, 2.05) is 13.8 Å². The topological polar surface area (TPSA) is 84.8 Å². The van der Waals surface area contributed by atoms with E-state index in [0.29, 0.717) is 13.1 Å². The number of nitrogens with zero attached hydrogens (tertiary/aromatic N) is 1. The average molecular weight is 596 g/mol. The lowest BCUT2D eigenvalue weighted by atomic mass is 9.90. The summed E-state index contributed by atoms with van der Waals surface area (Å²) in [5, 5.41) is 24.7. The van der Waals surface area contributed by atoms with Crippen molar-refractivity contribution in [2.24, 2.45) is 5.92 Å². The molecule has 0 aliphatic carbocycles. The Labute approximate surface area is 234 Å². The summed E-state index contributed by atoms with van der Waals surface area (Å²) < 4.78 is 88.5. The number of aliphatic hydroxyl groups excluding tert-OH is 1. The highest BCUT2D eigenvalue weighted by Gasteiger charge is 2.39. The number of amides is 1. The Morgan fingerprint density at radius 2 is 1.66 bits per heavy atom. The molecule has 0 bridgehead atoms. The molecule has 1 aliphatic heterocycles. The normalized spacial score (nSPS) is 19.0. The van der Waals surface area contributed by atoms with Crippen LogP contribution in [0.4, 0.5) is 35.5 Å². The maximum atomic E-state index is 13.4. The van der Waals surface area contributed by atoms with Crippen molar-refractivity contribution in [2.45, 2.75) is 64.1 Å². The minimum atomic E-state index is -4.80. The monoisotopic (exact) mass is 595 g/mol. The van der Waals surface area contributed by atoms with Crippen molar-refractivity contribution in [3.05, 3.63) is 70.0 Å². The number of nitrogens with one attached hydrogen (secondary N) is 2. The molecule has 1 aliphatic rings. The highest BCUT2D eigenvalue weighted by atomic mass is 19.4. The van der Waals surface area contributed by atoms with E-state index in [2.05, 4.69) is 10.6 Å². The van der Waals surface area contributed by atoms with Crippen LogP contribution in [-0.2, 0) is 12.4 Å². The molecule has 3 rings (SSSR count). The molecule has 4 N–H and O–H groups in total. The van der Waals surface area contributed by atoms with Gasteiger partial charge in [-0.2, -0.15) is 26.3 Å². The van der Waals surface area contributed by atoms with Gasteiger partial charge in [0, 0.05) is 25.2 Å². The van der Waals surface area contributed by atoms with E-state index in [-0.39, 0.29) is 42.1 Å². The van der Waals surface area contributed by atoms with Crippen LogP contribution >= 0.6 is 0 Å². The Morgan fingerprint density at radius 1 is 1.07 bits per heavy atom. The number of rotatable bonds is 8. The van der Waals surface area contributed by atoms with Gasteiger partial charge in [0.05, 0.1) is 23.8 Å². The summed E-state index contributed by atoms with van der Waals surface area (Å²) in [6.07, 6.45) is -8.99. The quantitative estimate of drug-likeness (QED) is 0.261. The first-order valence-corrected chi connectivity index (χ1v) is 13.1. The summed E-state index contributed by atoms with van der Waals surface area (Å²) in [7, 11) is 1.46. The van der Waals surface area contributed by atoms with Gasteiger partial charge in [-0.15, -0.1) is 0 Å². The summed E-state index contributed by atoms with van der Waals surface area (Å²) in [4.78, 5) is 13.0. The highest BCUT2D eigenvalue weighted by molar-refractivity contribution is 5.66. The zero-order chi connectivity index (χ0) is 31.1. The molecule has 1 fully saturated rings. The number of hydrogen-bond donors (Lipinski definition) is 4. The first-order chi connectivity index (χ1) is 19.0. The predicted molar refractivity (Wildman–Crippen MR) is 140 cm³/mol. The third kappa shape index (κ3) is 9.30. The molecule has 0 spiro atoms. The molecular weight excluding hydrogens is 559 g/mol. The molecule has 2 aromatic carbocycles. The Morgan fingerprint density at radius 3 is 2.10 bits per heavy atom. The second kappa shape index (κ2) is 14.3. The molecule has 13 heteroatoms. The SMILES string of the molecule is CCC(CO)NC[C@@H]1CCN(C(=O)O)[C@H]1c1ccc(F)cc1C.CN[C@H](C)c1cc(C(F)(F)F)cc(C(F)(F)F)c1. The first-order valence-electron chi connectivity index (χ1n) is 13.1. The van der Waals surface area contributed by atoms with Crippen LogP contribution in [0.3, 0.4) is 0 Å². The van der Waals surface area contributed by atoms with E-state index in [1.165, 1.54) is 31.0 Å². The molecule has 1 unspecified atom stereocenters. The molecule has 6 nitrogen and oxygen atoms in total. The largest absolute Gasteiger partial charge is 0.465 e. The Balaban J connectivity index is 0.000000296. The fraction of sp³-hybridized carbons (Fsp3) is 0.536. The van der Waals surface area contributed by atoms with Crippen LogP contribution in [0.1, 0.15) is 66.6 Å². The van der Waals surface area contributed by atoms with Crippen molar-refractivity contribution >= 4 is 6.09 Å². The van der Waals surface area contributed by atoms with Gasteiger partial charge in [-0.25, -0.2) is 9.18 Å². The van der Waals surface area contributed by atoms with E-state index >= 15 is 0 Å². The fourth-order valence-corrected chi connectivity index (χ4v) is 4.73. The van der Waals surface area contributed by atoms with Crippen molar-refractivity contribution in [3.8, 4) is 0 Å². The third-order valence-corrected chi connectivity index (χ3v) is 7.24. The highest BCUT2D eigenvalue weighted by Crippen LogP contribution is 2.39. The number of aliphatic hydroxyl groups is 1. The van der Waals surface area contributed by atoms with Gasteiger partial charge in [-0.1, -0.05) is 13.0 Å². The van der Waals surface area contributed by atoms with Gasteiger partial charge < -0.3 is 25.7 Å². The number of carbonyl (C=O) groups is 1. The van der Waals surface area contributed by atoms with Gasteiger partial charge >= 0.3 is 18.4 Å². The summed E-state index contributed by atoms with van der Waals surface area (Å²) in [6.45, 7) is 6.45. The zero-order valence-corrected chi connectivity index (χ0v) is 23.2. The van der Waals surface area contributed by atoms with Gasteiger partial charge in [-0.05, 0) is 86.7 Å². The number of likely N-dealkylation sites (tertiary alicyclic amines) is 1. The van der Waals surface area contributed by atoms with Gasteiger partial charge in [-0.3, -0.25) is 0 Å². The molecule has 0 aromatic heterocycles. The summed E-state index contributed by atoms with van der Waals surface area (Å²) in [6, 6.07) is 5.20. The Kier molecular flexibility index (Phi) is 12.0. The Hall–Kier alpha value is -2.90. The second-order valence-corrected chi connectivity index (χ2v) is 10.0. The third-order valence-electron chi connectivity index (χ3n) is 7.24. The van der Waals surface area contributed by atoms with Crippen molar-refractivity contribution in [1.82, 2.24) is 15.5 Å². The van der Waals surface area contributed by atoms with E-state index in [9.17, 15) is 45.7 Å². The van der Waals surface area contributed by atoms with Crippen molar-refractivity contribution in [2.75, 3.05) is 26.7 Å². The lowest BCUT2D eigenvalue weighted by Gasteiger charge is -2.29. The number of aryl methyl sites for hydroxylation is 1. The van der Waals surface area contributed by atoms with Crippen LogP contribution in [0.2, 0.25) is 0 Å². The number of carboxylic acid groups (broad SMARTS) is 1. The first kappa shape index (κ1) is 34.3. The summed E-state index contributed by atoms with van der Waals surface area (Å²) in [5.74, 6) is -0.206. The molecule has 1 amide bonds. The van der Waals surface area contributed by atoms with Crippen LogP contribution in [0, 0.1) is 18.7 Å². The maximum Gasteiger partial charge on any atom is 0.416 e. The second-order valence-electron chi connectivity index (χ2n) is 10.0. The van der Waals surface area contributed by atoms with Crippen LogP contribution in [0.25, 0.3) is 0 Å². The predicted octanol–water partition coefficient (Wildman–Crippen LogP) is 6.54. The van der Waals surface area contributed by atoms with Crippen molar-refractivity contribution in [1.29, 1.82) is 0 Å². The van der Waals surface area contributed by atoms with Crippen LogP contribution in [-0.4, -0.2) is 54.0 Å². The molecule has 0 radical (unpaired) electrons. The number of halogens is 7. The molecule has 41 heavy (non-hydrogen) atoms. The van der Waals surface area contributed by atoms with Gasteiger partial charge in [0.25, 0.3) is 0 Å².